The van der Waals surface area contributed by atoms with Gasteiger partial charge in [0.2, 0.25) is 11.8 Å². The van der Waals surface area contributed by atoms with Crippen molar-refractivity contribution in [2.24, 2.45) is 11.7 Å². The van der Waals surface area contributed by atoms with Gasteiger partial charge in [-0.1, -0.05) is 6.92 Å². The topological polar surface area (TPSA) is 113 Å². The molecule has 8 nitrogen and oxygen atoms in total. The van der Waals surface area contributed by atoms with E-state index in [4.69, 9.17) is 19.9 Å². The molecule has 1 fully saturated rings. The Morgan fingerprint density at radius 2 is 2.12 bits per heavy atom. The molecule has 1 aromatic carbocycles. The highest BCUT2D eigenvalue weighted by Crippen LogP contribution is 2.31. The molecule has 26 heavy (non-hydrogen) atoms. The van der Waals surface area contributed by atoms with Crippen LogP contribution >= 0.6 is 0 Å². The van der Waals surface area contributed by atoms with E-state index >= 15 is 0 Å². The number of nitrogens with one attached hydrogen (secondary N) is 1. The van der Waals surface area contributed by atoms with E-state index in [-0.39, 0.29) is 30.0 Å². The first-order valence-electron chi connectivity index (χ1n) is 8.18. The summed E-state index contributed by atoms with van der Waals surface area (Å²) in [5.41, 5.74) is 5.69. The van der Waals surface area contributed by atoms with Crippen LogP contribution in [-0.2, 0) is 9.53 Å². The highest BCUT2D eigenvalue weighted by Gasteiger charge is 2.39. The second kappa shape index (κ2) is 7.17. The van der Waals surface area contributed by atoms with Crippen molar-refractivity contribution in [3.63, 3.8) is 0 Å². The van der Waals surface area contributed by atoms with E-state index in [0.29, 0.717) is 17.0 Å². The van der Waals surface area contributed by atoms with Gasteiger partial charge < -0.3 is 25.3 Å². The van der Waals surface area contributed by atoms with Crippen LogP contribution in [0.2, 0.25) is 0 Å². The molecule has 3 N–H and O–H groups in total. The fourth-order valence-corrected chi connectivity index (χ4v) is 3.18. The third-order valence-corrected chi connectivity index (χ3v) is 4.67. The maximum absolute atomic E-state index is 11.9. The molecule has 138 valence electrons. The summed E-state index contributed by atoms with van der Waals surface area (Å²) in [6.07, 6.45) is 1.10. The normalized spacial score (nSPS) is 22.3. The summed E-state index contributed by atoms with van der Waals surface area (Å²) in [5, 5.41) is 4.31. The molecule has 2 amide bonds. The summed E-state index contributed by atoms with van der Waals surface area (Å²) in [6, 6.07) is 4.89. The molecular formula is C18H21N3O5. The first-order chi connectivity index (χ1) is 12.5. The minimum Gasteiger partial charge on any atom is -0.496 e. The first kappa shape index (κ1) is 17.9. The van der Waals surface area contributed by atoms with Crippen molar-refractivity contribution >= 4 is 22.6 Å². The zero-order valence-corrected chi connectivity index (χ0v) is 14.8. The zero-order valence-electron chi connectivity index (χ0n) is 14.8. The van der Waals surface area contributed by atoms with Gasteiger partial charge in [-0.2, -0.15) is 0 Å². The van der Waals surface area contributed by atoms with E-state index in [1.807, 2.05) is 6.92 Å². The Morgan fingerprint density at radius 1 is 1.35 bits per heavy atom. The summed E-state index contributed by atoms with van der Waals surface area (Å²) in [6.45, 7) is 2.18. The Bertz CT molecular complexity index is 854. The Morgan fingerprint density at radius 3 is 2.73 bits per heavy atom. The molecular weight excluding hydrogens is 338 g/mol. The molecule has 2 heterocycles. The van der Waals surface area contributed by atoms with Crippen molar-refractivity contribution in [3.8, 4) is 11.6 Å². The summed E-state index contributed by atoms with van der Waals surface area (Å²) in [5.74, 6) is -0.00849. The minimum absolute atomic E-state index is 0.0292. The first-order valence-corrected chi connectivity index (χ1v) is 8.18. The quantitative estimate of drug-likeness (QED) is 0.791. The van der Waals surface area contributed by atoms with E-state index in [9.17, 15) is 9.59 Å². The van der Waals surface area contributed by atoms with Gasteiger partial charge in [-0.3, -0.25) is 9.59 Å². The summed E-state index contributed by atoms with van der Waals surface area (Å²) >= 11 is 0. The molecule has 1 aliphatic rings. The number of primary amides is 1. The molecule has 1 unspecified atom stereocenters. The lowest BCUT2D eigenvalue weighted by molar-refractivity contribution is -0.128. The number of methoxy groups -OCH3 is 2. The van der Waals surface area contributed by atoms with Crippen LogP contribution in [0.1, 0.15) is 17.3 Å². The highest BCUT2D eigenvalue weighted by molar-refractivity contribution is 6.01. The molecule has 1 aromatic heterocycles. The average Bonchev–Trinajstić information content (AvgIpc) is 2.91. The minimum atomic E-state index is -0.573. The zero-order chi connectivity index (χ0) is 18.8. The highest BCUT2D eigenvalue weighted by atomic mass is 16.5. The third kappa shape index (κ3) is 3.15. The molecule has 1 aliphatic heterocycles. The number of carbonyl (C=O) groups is 2. The van der Waals surface area contributed by atoms with Crippen molar-refractivity contribution in [3.05, 3.63) is 30.0 Å². The molecule has 3 rings (SSSR count). The van der Waals surface area contributed by atoms with Gasteiger partial charge in [-0.05, 0) is 23.6 Å². The van der Waals surface area contributed by atoms with Crippen LogP contribution in [0.15, 0.2) is 24.4 Å². The molecule has 0 spiro atoms. The Kier molecular flexibility index (Phi) is 4.94. The number of nitrogens with zero attached hydrogens (tertiary/aromatic N) is 1. The number of hydrogen-bond acceptors (Lipinski definition) is 6. The average molecular weight is 359 g/mol. The van der Waals surface area contributed by atoms with Gasteiger partial charge in [0, 0.05) is 24.6 Å². The Labute approximate surface area is 150 Å². The lowest BCUT2D eigenvalue weighted by Crippen LogP contribution is -2.34. The summed E-state index contributed by atoms with van der Waals surface area (Å²) in [4.78, 5) is 27.7. The lowest BCUT2D eigenvalue weighted by Gasteiger charge is -2.18. The summed E-state index contributed by atoms with van der Waals surface area (Å²) < 4.78 is 16.3. The van der Waals surface area contributed by atoms with Crippen LogP contribution in [-0.4, -0.2) is 49.8 Å². The molecule has 1 saturated heterocycles. The van der Waals surface area contributed by atoms with Crippen LogP contribution < -0.4 is 20.5 Å². The van der Waals surface area contributed by atoms with Crippen LogP contribution in [0.4, 0.5) is 0 Å². The van der Waals surface area contributed by atoms with Crippen molar-refractivity contribution in [1.82, 2.24) is 10.3 Å². The van der Waals surface area contributed by atoms with E-state index in [1.165, 1.54) is 14.2 Å². The van der Waals surface area contributed by atoms with Gasteiger partial charge in [-0.15, -0.1) is 0 Å². The van der Waals surface area contributed by atoms with Crippen LogP contribution in [0.25, 0.3) is 10.8 Å². The smallest absolute Gasteiger partial charge is 0.252 e. The van der Waals surface area contributed by atoms with Crippen molar-refractivity contribution < 1.29 is 23.8 Å². The molecule has 2 aromatic rings. The molecule has 0 bridgehead atoms. The lowest BCUT2D eigenvalue weighted by atomic mass is 10.0. The van der Waals surface area contributed by atoms with Crippen molar-refractivity contribution in [2.45, 2.75) is 19.1 Å². The Balaban J connectivity index is 1.87. The Hall–Kier alpha value is -2.87. The maximum atomic E-state index is 11.9. The van der Waals surface area contributed by atoms with Gasteiger partial charge in [0.15, 0.2) is 0 Å². The van der Waals surface area contributed by atoms with Gasteiger partial charge in [0.1, 0.15) is 18.5 Å². The van der Waals surface area contributed by atoms with Crippen LogP contribution in [0, 0.1) is 5.92 Å². The fourth-order valence-electron chi connectivity index (χ4n) is 3.18. The molecule has 0 saturated carbocycles. The molecule has 0 radical (unpaired) electrons. The van der Waals surface area contributed by atoms with Crippen LogP contribution in [0.5, 0.6) is 11.6 Å². The second-order valence-corrected chi connectivity index (χ2v) is 6.20. The number of benzene rings is 1. The van der Waals surface area contributed by atoms with E-state index < -0.39 is 12.0 Å². The fraction of sp³-hybridized carbons (Fsp3) is 0.389. The second-order valence-electron chi connectivity index (χ2n) is 6.20. The maximum Gasteiger partial charge on any atom is 0.252 e. The number of carbonyl (C=O) groups excluding carboxylic acids is 2. The monoisotopic (exact) mass is 359 g/mol. The molecule has 0 aliphatic carbocycles. The van der Waals surface area contributed by atoms with Gasteiger partial charge >= 0.3 is 0 Å². The number of aromatic nitrogens is 1. The predicted octanol–water partition coefficient (Wildman–Crippen LogP) is 0.871. The van der Waals surface area contributed by atoms with Gasteiger partial charge in [0.05, 0.1) is 18.7 Å². The summed E-state index contributed by atoms with van der Waals surface area (Å²) in [7, 11) is 2.98. The number of rotatable bonds is 6. The van der Waals surface area contributed by atoms with Crippen molar-refractivity contribution in [1.29, 1.82) is 0 Å². The third-order valence-electron chi connectivity index (χ3n) is 4.67. The van der Waals surface area contributed by atoms with Gasteiger partial charge in [0.25, 0.3) is 5.91 Å². The van der Waals surface area contributed by atoms with E-state index in [0.717, 1.165) is 5.39 Å². The number of nitrogens with two attached hydrogens (primary N) is 1. The molecule has 3 atom stereocenters. The van der Waals surface area contributed by atoms with E-state index in [1.54, 1.807) is 24.4 Å². The molecule has 8 heteroatoms. The van der Waals surface area contributed by atoms with Crippen molar-refractivity contribution in [2.75, 3.05) is 20.8 Å². The van der Waals surface area contributed by atoms with Crippen LogP contribution in [0.3, 0.4) is 0 Å². The van der Waals surface area contributed by atoms with E-state index in [2.05, 4.69) is 10.3 Å². The standard InChI is InChI=1S/C18H21N3O5/c1-9-13(21-17(23)15(9)25-3)8-26-18-11-7-14(24-2)12(16(19)22)6-10(11)4-5-20-18/h4-7,9,13,15H,8H2,1-3H3,(H2,19,22)(H,21,23)/t9-,13+,15?/m0/s1. The largest absolute Gasteiger partial charge is 0.496 e. The SMILES string of the molecule is COc1cc2c(OC[C@H]3NC(=O)C(OC)[C@H]3C)nccc2cc1C(N)=O. The predicted molar refractivity (Wildman–Crippen MR) is 94.2 cm³/mol. The number of fused-ring (bicyclic) bond motifs is 1. The van der Waals surface area contributed by atoms with Gasteiger partial charge in [-0.25, -0.2) is 4.98 Å². The number of amides is 2. The number of pyridine rings is 1. The number of hydrogen-bond donors (Lipinski definition) is 2. The number of ether oxygens (including phenoxy) is 3.